The van der Waals surface area contributed by atoms with Gasteiger partial charge in [-0.15, -0.1) is 0 Å². The van der Waals surface area contributed by atoms with Gasteiger partial charge < -0.3 is 5.73 Å². The van der Waals surface area contributed by atoms with Gasteiger partial charge in [-0.3, -0.25) is 0 Å². The maximum atomic E-state index is 12.0. The molecular formula is C14H19NO2S. The standard InChI is InChI=1S/C14H19NO2S/c15-10-14(7-1-2-8-14)12-4-3-5-13-11(12)6-9-18(13,16)17/h3-5H,1-2,6-10,15H2. The summed E-state index contributed by atoms with van der Waals surface area (Å²) in [5.41, 5.74) is 8.30. The van der Waals surface area contributed by atoms with Crippen molar-refractivity contribution in [1.82, 2.24) is 0 Å². The number of benzene rings is 1. The van der Waals surface area contributed by atoms with Crippen LogP contribution >= 0.6 is 0 Å². The van der Waals surface area contributed by atoms with E-state index in [1.807, 2.05) is 6.07 Å². The quantitative estimate of drug-likeness (QED) is 0.887. The lowest BCUT2D eigenvalue weighted by molar-refractivity contribution is 0.448. The van der Waals surface area contributed by atoms with Crippen molar-refractivity contribution in [2.45, 2.75) is 42.4 Å². The van der Waals surface area contributed by atoms with Gasteiger partial charge in [0.05, 0.1) is 10.6 Å². The van der Waals surface area contributed by atoms with Crippen LogP contribution in [0.1, 0.15) is 36.8 Å². The first-order chi connectivity index (χ1) is 8.59. The summed E-state index contributed by atoms with van der Waals surface area (Å²) in [5.74, 6) is 0.264. The zero-order chi connectivity index (χ0) is 12.8. The smallest absolute Gasteiger partial charge is 0.178 e. The van der Waals surface area contributed by atoms with Crippen molar-refractivity contribution < 1.29 is 8.42 Å². The largest absolute Gasteiger partial charge is 0.330 e. The van der Waals surface area contributed by atoms with Crippen molar-refractivity contribution in [1.29, 1.82) is 0 Å². The van der Waals surface area contributed by atoms with E-state index in [-0.39, 0.29) is 11.2 Å². The van der Waals surface area contributed by atoms with E-state index in [2.05, 4.69) is 6.07 Å². The van der Waals surface area contributed by atoms with Gasteiger partial charge in [-0.1, -0.05) is 25.0 Å². The fraction of sp³-hybridized carbons (Fsp3) is 0.571. The Balaban J connectivity index is 2.18. The minimum absolute atomic E-state index is 0.0329. The van der Waals surface area contributed by atoms with Crippen molar-refractivity contribution in [2.75, 3.05) is 12.3 Å². The van der Waals surface area contributed by atoms with Crippen molar-refractivity contribution in [3.63, 3.8) is 0 Å². The van der Waals surface area contributed by atoms with E-state index in [1.54, 1.807) is 6.07 Å². The lowest BCUT2D eigenvalue weighted by Crippen LogP contribution is -2.33. The summed E-state index contributed by atoms with van der Waals surface area (Å²) in [5, 5.41) is 0. The number of fused-ring (bicyclic) bond motifs is 1. The molecule has 3 rings (SSSR count). The summed E-state index contributed by atoms with van der Waals surface area (Å²) in [4.78, 5) is 0.555. The Morgan fingerprint density at radius 1 is 1.22 bits per heavy atom. The zero-order valence-electron chi connectivity index (χ0n) is 10.5. The van der Waals surface area contributed by atoms with Crippen LogP contribution in [0, 0.1) is 0 Å². The predicted molar refractivity (Wildman–Crippen MR) is 71.4 cm³/mol. The molecule has 0 amide bonds. The molecule has 1 heterocycles. The van der Waals surface area contributed by atoms with Crippen molar-refractivity contribution in [3.05, 3.63) is 29.3 Å². The van der Waals surface area contributed by atoms with E-state index in [0.29, 0.717) is 17.9 Å². The normalized spacial score (nSPS) is 24.1. The summed E-state index contributed by atoms with van der Waals surface area (Å²) in [6.45, 7) is 0.628. The van der Waals surface area contributed by atoms with Crippen LogP contribution in [-0.4, -0.2) is 20.7 Å². The topological polar surface area (TPSA) is 60.2 Å². The highest BCUT2D eigenvalue weighted by atomic mass is 32.2. The monoisotopic (exact) mass is 265 g/mol. The molecule has 4 heteroatoms. The number of hydrogen-bond donors (Lipinski definition) is 1. The first kappa shape index (κ1) is 12.2. The molecular weight excluding hydrogens is 246 g/mol. The van der Waals surface area contributed by atoms with Crippen LogP contribution < -0.4 is 5.73 Å². The van der Waals surface area contributed by atoms with Crippen molar-refractivity contribution >= 4 is 9.84 Å². The zero-order valence-corrected chi connectivity index (χ0v) is 11.3. The minimum atomic E-state index is -3.03. The average Bonchev–Trinajstić information content (AvgIpc) is 2.96. The summed E-state index contributed by atoms with van der Waals surface area (Å²) in [6, 6.07) is 5.73. The highest BCUT2D eigenvalue weighted by molar-refractivity contribution is 7.91. The molecule has 1 aliphatic heterocycles. The van der Waals surface area contributed by atoms with Gasteiger partial charge >= 0.3 is 0 Å². The fourth-order valence-electron chi connectivity index (χ4n) is 3.59. The van der Waals surface area contributed by atoms with E-state index in [9.17, 15) is 8.42 Å². The third kappa shape index (κ3) is 1.62. The van der Waals surface area contributed by atoms with Gasteiger partial charge in [0, 0.05) is 12.0 Å². The van der Waals surface area contributed by atoms with E-state index in [1.165, 1.54) is 18.4 Å². The Labute approximate surface area is 108 Å². The third-order valence-electron chi connectivity index (χ3n) is 4.61. The molecule has 1 aromatic rings. The number of hydrogen-bond acceptors (Lipinski definition) is 3. The molecule has 98 valence electrons. The van der Waals surface area contributed by atoms with Gasteiger partial charge in [0.25, 0.3) is 0 Å². The van der Waals surface area contributed by atoms with E-state index in [0.717, 1.165) is 18.4 Å². The molecule has 3 nitrogen and oxygen atoms in total. The summed E-state index contributed by atoms with van der Waals surface area (Å²) in [6.07, 6.45) is 5.26. The minimum Gasteiger partial charge on any atom is -0.330 e. The second-order valence-corrected chi connectivity index (χ2v) is 7.62. The number of sulfone groups is 1. The summed E-state index contributed by atoms with van der Waals surface area (Å²) >= 11 is 0. The highest BCUT2D eigenvalue weighted by Gasteiger charge is 2.39. The van der Waals surface area contributed by atoms with Crippen LogP contribution in [0.4, 0.5) is 0 Å². The Morgan fingerprint density at radius 3 is 2.61 bits per heavy atom. The van der Waals surface area contributed by atoms with E-state index < -0.39 is 9.84 Å². The molecule has 0 unspecified atom stereocenters. The van der Waals surface area contributed by atoms with Crippen LogP contribution in [0.3, 0.4) is 0 Å². The fourth-order valence-corrected chi connectivity index (χ4v) is 5.16. The van der Waals surface area contributed by atoms with Crippen LogP contribution in [0.25, 0.3) is 0 Å². The predicted octanol–water partition coefficient (Wildman–Crippen LogP) is 1.79. The molecule has 0 spiro atoms. The molecule has 1 fully saturated rings. The first-order valence-corrected chi connectivity index (χ1v) is 8.29. The lowest BCUT2D eigenvalue weighted by Gasteiger charge is -2.30. The average molecular weight is 265 g/mol. The number of nitrogens with two attached hydrogens (primary N) is 1. The summed E-state index contributed by atoms with van der Waals surface area (Å²) in [7, 11) is -3.03. The summed E-state index contributed by atoms with van der Waals surface area (Å²) < 4.78 is 24.0. The van der Waals surface area contributed by atoms with Gasteiger partial charge in [-0.25, -0.2) is 8.42 Å². The second kappa shape index (κ2) is 4.07. The van der Waals surface area contributed by atoms with Crippen LogP contribution in [-0.2, 0) is 21.7 Å². The molecule has 0 radical (unpaired) electrons. The van der Waals surface area contributed by atoms with Crippen molar-refractivity contribution in [2.24, 2.45) is 5.73 Å². The number of rotatable bonds is 2. The Morgan fingerprint density at radius 2 is 1.94 bits per heavy atom. The maximum Gasteiger partial charge on any atom is 0.178 e. The molecule has 0 saturated heterocycles. The van der Waals surface area contributed by atoms with Gasteiger partial charge in [0.1, 0.15) is 0 Å². The maximum absolute atomic E-state index is 12.0. The molecule has 2 N–H and O–H groups in total. The Kier molecular flexibility index (Phi) is 2.75. The second-order valence-electron chi connectivity index (χ2n) is 5.54. The third-order valence-corrected chi connectivity index (χ3v) is 6.41. The van der Waals surface area contributed by atoms with Crippen LogP contribution in [0.15, 0.2) is 23.1 Å². The Hall–Kier alpha value is -0.870. The van der Waals surface area contributed by atoms with E-state index >= 15 is 0 Å². The molecule has 0 bridgehead atoms. The molecule has 18 heavy (non-hydrogen) atoms. The molecule has 0 atom stereocenters. The van der Waals surface area contributed by atoms with Gasteiger partial charge in [0.15, 0.2) is 9.84 Å². The van der Waals surface area contributed by atoms with E-state index in [4.69, 9.17) is 5.73 Å². The first-order valence-electron chi connectivity index (χ1n) is 6.64. The SMILES string of the molecule is NCC1(c2cccc3c2CCS3(=O)=O)CCCC1. The molecule has 2 aliphatic rings. The van der Waals surface area contributed by atoms with Crippen LogP contribution in [0.5, 0.6) is 0 Å². The Bertz CT molecular complexity index is 571. The lowest BCUT2D eigenvalue weighted by atomic mass is 9.76. The van der Waals surface area contributed by atoms with Gasteiger partial charge in [0.2, 0.25) is 0 Å². The molecule has 0 aromatic heterocycles. The van der Waals surface area contributed by atoms with Gasteiger partial charge in [-0.2, -0.15) is 0 Å². The highest BCUT2D eigenvalue weighted by Crippen LogP contribution is 2.44. The molecule has 1 aromatic carbocycles. The van der Waals surface area contributed by atoms with Gasteiger partial charge in [-0.05, 0) is 36.5 Å². The molecule has 1 saturated carbocycles. The molecule has 1 aliphatic carbocycles. The van der Waals surface area contributed by atoms with Crippen molar-refractivity contribution in [3.8, 4) is 0 Å². The van der Waals surface area contributed by atoms with Crippen LogP contribution in [0.2, 0.25) is 0 Å².